The Bertz CT molecular complexity index is 611. The molecule has 0 rings (SSSR count). The third-order valence-electron chi connectivity index (χ3n) is 8.00. The molecule has 0 aliphatic carbocycles. The van der Waals surface area contributed by atoms with Crippen LogP contribution < -0.4 is 0 Å². The summed E-state index contributed by atoms with van der Waals surface area (Å²) in [5.41, 5.74) is 0. The van der Waals surface area contributed by atoms with Crippen molar-refractivity contribution in [2.45, 2.75) is 193 Å². The Kier molecular flexibility index (Phi) is 37.1. The van der Waals surface area contributed by atoms with E-state index in [1.165, 1.54) is 117 Å². The largest absolute Gasteiger partial charge is 0.481 e. The Morgan fingerprint density at radius 3 is 0.636 bits per heavy atom. The minimum atomic E-state index is -0.682. The first kappa shape index (κ1) is 44.0. The molecule has 0 unspecified atom stereocenters. The Labute approximate surface area is 269 Å². The van der Waals surface area contributed by atoms with Gasteiger partial charge in [0, 0.05) is 25.7 Å². The summed E-state index contributed by atoms with van der Waals surface area (Å²) >= 11 is 0. The third kappa shape index (κ3) is 42.0. The minimum absolute atomic E-state index is 0.0877. The molecule has 2 N–H and O–H groups in total. The Morgan fingerprint density at radius 1 is 0.318 bits per heavy atom. The number of aliphatic carboxylic acids is 2. The van der Waals surface area contributed by atoms with Crippen LogP contribution in [-0.2, 0) is 28.7 Å². The maximum atomic E-state index is 10.9. The fraction of sp³-hybridized carbons (Fsp3) is 0.889. The van der Waals surface area contributed by atoms with Gasteiger partial charge in [-0.05, 0) is 25.7 Å². The number of esters is 2. The van der Waals surface area contributed by atoms with E-state index in [9.17, 15) is 19.2 Å². The van der Waals surface area contributed by atoms with Gasteiger partial charge in [-0.2, -0.15) is 0 Å². The summed E-state index contributed by atoms with van der Waals surface area (Å²) < 4.78 is 9.24. The first-order chi connectivity index (χ1) is 21.3. The smallest absolute Gasteiger partial charge is 0.305 e. The lowest BCUT2D eigenvalue weighted by molar-refractivity contribution is -0.141. The average Bonchev–Trinajstić information content (AvgIpc) is 3.00. The summed E-state index contributed by atoms with van der Waals surface area (Å²) in [6.45, 7) is 0. The maximum absolute atomic E-state index is 10.9. The summed E-state index contributed by atoms with van der Waals surface area (Å²) in [5, 5.41) is 17.0. The van der Waals surface area contributed by atoms with Crippen LogP contribution in [0.3, 0.4) is 0 Å². The van der Waals surface area contributed by atoms with Crippen molar-refractivity contribution in [3.05, 3.63) is 0 Å². The topological polar surface area (TPSA) is 127 Å². The van der Waals surface area contributed by atoms with Crippen LogP contribution in [0.1, 0.15) is 193 Å². The second-order valence-corrected chi connectivity index (χ2v) is 12.1. The van der Waals surface area contributed by atoms with Gasteiger partial charge in [0.2, 0.25) is 0 Å². The highest BCUT2D eigenvalue weighted by atomic mass is 16.5. The van der Waals surface area contributed by atoms with Crippen molar-refractivity contribution in [3.63, 3.8) is 0 Å². The maximum Gasteiger partial charge on any atom is 0.305 e. The number of unbranched alkanes of at least 4 members (excludes halogenated alkanes) is 24. The van der Waals surface area contributed by atoms with Crippen molar-refractivity contribution in [3.8, 4) is 0 Å². The average molecular weight is 629 g/mol. The van der Waals surface area contributed by atoms with Crippen molar-refractivity contribution in [1.29, 1.82) is 0 Å². The first-order valence-corrected chi connectivity index (χ1v) is 17.9. The lowest BCUT2D eigenvalue weighted by atomic mass is 10.0. The molecule has 0 atom stereocenters. The molecule has 0 radical (unpaired) electrons. The molecule has 0 bridgehead atoms. The number of carboxylic acids is 2. The zero-order chi connectivity index (χ0) is 32.9. The van der Waals surface area contributed by atoms with E-state index in [1.807, 2.05) is 0 Å². The number of hydrogen-bond donors (Lipinski definition) is 2. The molecule has 0 aromatic rings. The van der Waals surface area contributed by atoms with E-state index in [4.69, 9.17) is 10.2 Å². The summed E-state index contributed by atoms with van der Waals surface area (Å²) in [7, 11) is 2.90. The standard InChI is InChI=1S/C19H36O4.C17H32O4/c1-22-18(20)16-14-12-10-8-6-4-3-5-7-9-11-13-15-17-19(21)23-2;18-16(19)14-12-10-8-6-4-2-1-3-5-7-9-11-13-15-17(20)21/h3-17H2,1-2H3;1-15H2,(H,18,19)(H,20,21). The van der Waals surface area contributed by atoms with Gasteiger partial charge >= 0.3 is 23.9 Å². The van der Waals surface area contributed by atoms with E-state index >= 15 is 0 Å². The highest BCUT2D eigenvalue weighted by molar-refractivity contribution is 5.69. The SMILES string of the molecule is COC(=O)CCCCCCCCCCCCCCCC(=O)OC.O=C(O)CCCCCCCCCCCCCCCC(=O)O. The summed E-state index contributed by atoms with van der Waals surface area (Å²) in [4.78, 5) is 42.5. The lowest BCUT2D eigenvalue weighted by Crippen LogP contribution is -1.99. The van der Waals surface area contributed by atoms with Gasteiger partial charge in [0.1, 0.15) is 0 Å². The quantitative estimate of drug-likeness (QED) is 0.0556. The molecular formula is C36H68O8. The van der Waals surface area contributed by atoms with Crippen molar-refractivity contribution >= 4 is 23.9 Å². The molecule has 0 saturated heterocycles. The van der Waals surface area contributed by atoms with Crippen LogP contribution in [0.2, 0.25) is 0 Å². The second kappa shape index (κ2) is 37.1. The fourth-order valence-corrected chi connectivity index (χ4v) is 5.18. The number of ether oxygens (including phenoxy) is 2. The van der Waals surface area contributed by atoms with Crippen LogP contribution in [0.4, 0.5) is 0 Å². The molecule has 0 aliphatic heterocycles. The monoisotopic (exact) mass is 628 g/mol. The van der Waals surface area contributed by atoms with Gasteiger partial charge in [-0.3, -0.25) is 19.2 Å². The van der Waals surface area contributed by atoms with Crippen LogP contribution in [0.15, 0.2) is 0 Å². The Balaban J connectivity index is 0. The molecule has 0 spiro atoms. The van der Waals surface area contributed by atoms with E-state index < -0.39 is 11.9 Å². The van der Waals surface area contributed by atoms with E-state index in [0.717, 1.165) is 64.2 Å². The van der Waals surface area contributed by atoms with E-state index in [-0.39, 0.29) is 11.9 Å². The van der Waals surface area contributed by atoms with Crippen LogP contribution in [0.25, 0.3) is 0 Å². The predicted octanol–water partition coefficient (Wildman–Crippen LogP) is 10.2. The Hall–Kier alpha value is -2.12. The van der Waals surface area contributed by atoms with E-state index in [2.05, 4.69) is 9.47 Å². The third-order valence-corrected chi connectivity index (χ3v) is 8.00. The zero-order valence-electron chi connectivity index (χ0n) is 28.6. The molecule has 0 aromatic carbocycles. The van der Waals surface area contributed by atoms with Gasteiger partial charge in [0.05, 0.1) is 14.2 Å². The van der Waals surface area contributed by atoms with Crippen molar-refractivity contribution < 1.29 is 38.9 Å². The van der Waals surface area contributed by atoms with Crippen LogP contribution in [-0.4, -0.2) is 48.3 Å². The van der Waals surface area contributed by atoms with Gasteiger partial charge in [-0.15, -0.1) is 0 Å². The molecule has 0 saturated carbocycles. The van der Waals surface area contributed by atoms with Crippen LogP contribution in [0, 0.1) is 0 Å². The lowest BCUT2D eigenvalue weighted by Gasteiger charge is -2.03. The van der Waals surface area contributed by atoms with Crippen LogP contribution in [0.5, 0.6) is 0 Å². The normalized spacial score (nSPS) is 10.6. The minimum Gasteiger partial charge on any atom is -0.481 e. The number of carbonyl (C=O) groups is 4. The molecule has 8 nitrogen and oxygen atoms in total. The number of hydrogen-bond acceptors (Lipinski definition) is 6. The molecular weight excluding hydrogens is 560 g/mol. The highest BCUT2D eigenvalue weighted by Gasteiger charge is 2.01. The first-order valence-electron chi connectivity index (χ1n) is 17.9. The summed E-state index contributed by atoms with van der Waals surface area (Å²) in [6.07, 6.45) is 32.6. The Morgan fingerprint density at radius 2 is 0.477 bits per heavy atom. The number of carbonyl (C=O) groups excluding carboxylic acids is 2. The molecule has 44 heavy (non-hydrogen) atoms. The van der Waals surface area contributed by atoms with Gasteiger partial charge in [0.15, 0.2) is 0 Å². The van der Waals surface area contributed by atoms with Gasteiger partial charge < -0.3 is 19.7 Å². The predicted molar refractivity (Wildman–Crippen MR) is 178 cm³/mol. The highest BCUT2D eigenvalue weighted by Crippen LogP contribution is 2.15. The summed E-state index contributed by atoms with van der Waals surface area (Å²) in [6, 6.07) is 0. The molecule has 0 aliphatic rings. The molecule has 0 heterocycles. The van der Waals surface area contributed by atoms with E-state index in [0.29, 0.717) is 25.7 Å². The van der Waals surface area contributed by atoms with Gasteiger partial charge in [-0.25, -0.2) is 0 Å². The number of rotatable bonds is 32. The van der Waals surface area contributed by atoms with Gasteiger partial charge in [0.25, 0.3) is 0 Å². The van der Waals surface area contributed by atoms with Crippen molar-refractivity contribution in [2.24, 2.45) is 0 Å². The number of carboxylic acid groups (broad SMARTS) is 2. The van der Waals surface area contributed by atoms with Crippen molar-refractivity contribution in [1.82, 2.24) is 0 Å². The molecule has 260 valence electrons. The molecule has 0 amide bonds. The van der Waals surface area contributed by atoms with E-state index in [1.54, 1.807) is 0 Å². The molecule has 8 heteroatoms. The zero-order valence-corrected chi connectivity index (χ0v) is 28.6. The summed E-state index contributed by atoms with van der Waals surface area (Å²) in [5.74, 6) is -1.54. The van der Waals surface area contributed by atoms with Crippen molar-refractivity contribution in [2.75, 3.05) is 14.2 Å². The second-order valence-electron chi connectivity index (χ2n) is 12.1. The molecule has 0 fully saturated rings. The number of methoxy groups -OCH3 is 2. The fourth-order valence-electron chi connectivity index (χ4n) is 5.18. The van der Waals surface area contributed by atoms with Crippen LogP contribution >= 0.6 is 0 Å². The molecule has 0 aromatic heterocycles. The van der Waals surface area contributed by atoms with Gasteiger partial charge in [-0.1, -0.05) is 141 Å².